The molecular weight excluding hydrogens is 536 g/mol. The number of benzene rings is 2. The van der Waals surface area contributed by atoms with Crippen LogP contribution in [0, 0.1) is 5.92 Å². The minimum Gasteiger partial charge on any atom is -0.457 e. The Morgan fingerprint density at radius 2 is 1.67 bits per heavy atom. The van der Waals surface area contributed by atoms with Crippen LogP contribution in [-0.2, 0) is 4.79 Å². The second-order valence-corrected chi connectivity index (χ2v) is 13.0. The lowest BCUT2D eigenvalue weighted by molar-refractivity contribution is -0.122. The summed E-state index contributed by atoms with van der Waals surface area (Å²) in [5.41, 5.74) is 9.75. The summed E-state index contributed by atoms with van der Waals surface area (Å²) < 4.78 is 6.24. The Morgan fingerprint density at radius 3 is 2.53 bits per heavy atom. The number of nitrogens with zero attached hydrogens (tertiary/aromatic N) is 2. The number of likely N-dealkylation sites (tertiary alicyclic amines) is 2. The number of nitrogens with two attached hydrogens (primary N) is 1. The zero-order chi connectivity index (χ0) is 29.6. The molecule has 2 fully saturated rings. The zero-order valence-corrected chi connectivity index (χ0v) is 25.6. The maximum atomic E-state index is 14.1. The fourth-order valence-electron chi connectivity index (χ4n) is 7.39. The van der Waals surface area contributed by atoms with Gasteiger partial charge < -0.3 is 20.7 Å². The van der Waals surface area contributed by atoms with Crippen LogP contribution in [-0.4, -0.2) is 66.9 Å². The highest BCUT2D eigenvalue weighted by Crippen LogP contribution is 2.44. The van der Waals surface area contributed by atoms with E-state index >= 15 is 0 Å². The van der Waals surface area contributed by atoms with E-state index in [2.05, 4.69) is 16.3 Å². The zero-order valence-electron chi connectivity index (χ0n) is 25.6. The highest BCUT2D eigenvalue weighted by atomic mass is 16.5. The van der Waals surface area contributed by atoms with Crippen molar-refractivity contribution in [3.8, 4) is 11.5 Å². The molecule has 0 spiro atoms. The summed E-state index contributed by atoms with van der Waals surface area (Å²) in [6.45, 7) is 5.10. The number of para-hydroxylation sites is 1. The molecule has 2 aromatic rings. The molecule has 4 aliphatic rings. The normalized spacial score (nSPS) is 24.7. The topological polar surface area (TPSA) is 87.9 Å². The first-order chi connectivity index (χ1) is 21.1. The summed E-state index contributed by atoms with van der Waals surface area (Å²) in [4.78, 5) is 32.1. The highest BCUT2D eigenvalue weighted by Gasteiger charge is 2.35. The Balaban J connectivity index is 1.14. The molecule has 3 N–H and O–H groups in total. The van der Waals surface area contributed by atoms with E-state index in [1.54, 1.807) is 5.57 Å². The minimum atomic E-state index is -0.520. The number of nitrogens with one attached hydrogen (secondary N) is 1. The molecular formula is C36H48N4O3. The standard InChI is InChI=1S/C36H48N4O3/c37-23-27-12-9-19-40(25-27)36(42)28-15-16-33-31(22-28)34(30-13-7-8-14-32(30)43-33)35(41)38-29-17-20-39(21-18-29)24-26-10-5-3-1-2-4-6-11-26/h7-8,10,13-16,22,27,29,34H,1-6,9,11-12,17-21,23-25,37H2,(H,38,41)/b26-10+/t27-,34?/m0/s1. The van der Waals surface area contributed by atoms with Crippen molar-refractivity contribution in [2.45, 2.75) is 82.6 Å². The Morgan fingerprint density at radius 1 is 0.884 bits per heavy atom. The Hall–Kier alpha value is -3.16. The van der Waals surface area contributed by atoms with Gasteiger partial charge in [0, 0.05) is 55.5 Å². The van der Waals surface area contributed by atoms with Gasteiger partial charge in [0.15, 0.2) is 0 Å². The van der Waals surface area contributed by atoms with E-state index in [9.17, 15) is 9.59 Å². The number of ether oxygens (including phenoxy) is 1. The second kappa shape index (κ2) is 14.1. The smallest absolute Gasteiger partial charge is 0.253 e. The molecule has 7 nitrogen and oxygen atoms in total. The van der Waals surface area contributed by atoms with Crippen molar-refractivity contribution in [2.75, 3.05) is 39.3 Å². The first-order valence-corrected chi connectivity index (χ1v) is 16.7. The summed E-state index contributed by atoms with van der Waals surface area (Å²) in [7, 11) is 0. The van der Waals surface area contributed by atoms with Crippen molar-refractivity contribution in [1.29, 1.82) is 0 Å². The van der Waals surface area contributed by atoms with Crippen LogP contribution >= 0.6 is 0 Å². The fourth-order valence-corrected chi connectivity index (χ4v) is 7.39. The lowest BCUT2D eigenvalue weighted by Crippen LogP contribution is -2.46. The molecule has 1 aliphatic carbocycles. The maximum Gasteiger partial charge on any atom is 0.253 e. The molecule has 3 aliphatic heterocycles. The molecule has 230 valence electrons. The highest BCUT2D eigenvalue weighted by molar-refractivity contribution is 5.96. The van der Waals surface area contributed by atoms with Gasteiger partial charge in [-0.1, -0.05) is 49.1 Å². The Kier molecular flexibility index (Phi) is 9.79. The average molecular weight is 585 g/mol. The van der Waals surface area contributed by atoms with Crippen LogP contribution in [0.5, 0.6) is 11.5 Å². The number of carbonyl (C=O) groups is 2. The number of rotatable bonds is 6. The van der Waals surface area contributed by atoms with Crippen LogP contribution in [0.3, 0.4) is 0 Å². The summed E-state index contributed by atoms with van der Waals surface area (Å²) in [5, 5.41) is 3.40. The van der Waals surface area contributed by atoms with Crippen molar-refractivity contribution < 1.29 is 14.3 Å². The van der Waals surface area contributed by atoms with Crippen molar-refractivity contribution in [3.05, 3.63) is 70.8 Å². The number of amides is 2. The minimum absolute atomic E-state index is 0.00127. The van der Waals surface area contributed by atoms with Gasteiger partial charge in [-0.3, -0.25) is 14.5 Å². The van der Waals surface area contributed by atoms with Gasteiger partial charge in [0.2, 0.25) is 5.91 Å². The van der Waals surface area contributed by atoms with Crippen LogP contribution in [0.2, 0.25) is 0 Å². The van der Waals surface area contributed by atoms with Crippen molar-refractivity contribution in [2.24, 2.45) is 11.7 Å². The van der Waals surface area contributed by atoms with Gasteiger partial charge in [0.25, 0.3) is 5.91 Å². The van der Waals surface area contributed by atoms with Crippen molar-refractivity contribution in [3.63, 3.8) is 0 Å². The van der Waals surface area contributed by atoms with Gasteiger partial charge >= 0.3 is 0 Å². The monoisotopic (exact) mass is 584 g/mol. The van der Waals surface area contributed by atoms with E-state index in [0.717, 1.165) is 63.0 Å². The molecule has 0 aromatic heterocycles. The largest absolute Gasteiger partial charge is 0.457 e. The van der Waals surface area contributed by atoms with Crippen molar-refractivity contribution in [1.82, 2.24) is 15.1 Å². The van der Waals surface area contributed by atoms with Gasteiger partial charge in [0.1, 0.15) is 11.5 Å². The van der Waals surface area contributed by atoms with E-state index < -0.39 is 5.92 Å². The Labute approximate surface area is 256 Å². The van der Waals surface area contributed by atoms with Crippen LogP contribution in [0.1, 0.15) is 98.0 Å². The molecule has 2 amide bonds. The van der Waals surface area contributed by atoms with E-state index in [1.807, 2.05) is 47.4 Å². The number of hydrogen-bond donors (Lipinski definition) is 2. The molecule has 0 saturated carbocycles. The first kappa shape index (κ1) is 29.9. The lowest BCUT2D eigenvalue weighted by atomic mass is 9.85. The van der Waals surface area contributed by atoms with E-state index in [0.29, 0.717) is 36.1 Å². The summed E-state index contributed by atoms with van der Waals surface area (Å²) in [6, 6.07) is 13.5. The summed E-state index contributed by atoms with van der Waals surface area (Å²) >= 11 is 0. The lowest BCUT2D eigenvalue weighted by Gasteiger charge is -2.35. The third kappa shape index (κ3) is 7.15. The third-order valence-electron chi connectivity index (χ3n) is 9.92. The average Bonchev–Trinajstić information content (AvgIpc) is 3.18. The molecule has 6 rings (SSSR count). The number of fused-ring (bicyclic) bond motifs is 2. The molecule has 2 atom stereocenters. The fraction of sp³-hybridized carbons (Fsp3) is 0.556. The van der Waals surface area contributed by atoms with Gasteiger partial charge in [-0.2, -0.15) is 0 Å². The van der Waals surface area contributed by atoms with Crippen LogP contribution in [0.25, 0.3) is 0 Å². The van der Waals surface area contributed by atoms with Gasteiger partial charge in [0.05, 0.1) is 5.92 Å². The second-order valence-electron chi connectivity index (χ2n) is 13.0. The molecule has 2 saturated heterocycles. The molecule has 43 heavy (non-hydrogen) atoms. The van der Waals surface area contributed by atoms with Gasteiger partial charge in [-0.15, -0.1) is 0 Å². The molecule has 3 heterocycles. The predicted molar refractivity (Wildman–Crippen MR) is 170 cm³/mol. The molecule has 0 radical (unpaired) electrons. The summed E-state index contributed by atoms with van der Waals surface area (Å²) in [5.74, 6) is 1.16. The first-order valence-electron chi connectivity index (χ1n) is 16.7. The van der Waals surface area contributed by atoms with Gasteiger partial charge in [-0.25, -0.2) is 0 Å². The Bertz CT molecular complexity index is 1320. The van der Waals surface area contributed by atoms with Gasteiger partial charge in [-0.05, 0) is 88.1 Å². The van der Waals surface area contributed by atoms with Crippen LogP contribution < -0.4 is 15.8 Å². The molecule has 1 unspecified atom stereocenters. The number of carbonyl (C=O) groups excluding carboxylic acids is 2. The molecule has 2 aromatic carbocycles. The van der Waals surface area contributed by atoms with E-state index in [1.165, 1.54) is 44.9 Å². The van der Waals surface area contributed by atoms with E-state index in [-0.39, 0.29) is 17.9 Å². The number of hydrogen-bond acceptors (Lipinski definition) is 5. The number of allylic oxidation sites excluding steroid dienone is 1. The van der Waals surface area contributed by atoms with E-state index in [4.69, 9.17) is 10.5 Å². The van der Waals surface area contributed by atoms with Crippen molar-refractivity contribution >= 4 is 11.8 Å². The SMILES string of the molecule is NC[C@@H]1CCCN(C(=O)c2ccc3c(c2)C(C(=O)NC2CCN(C/C4=C/CCCCCCC4)CC2)c2ccccc2O3)C1. The molecule has 7 heteroatoms. The predicted octanol–water partition coefficient (Wildman–Crippen LogP) is 5.99. The molecule has 0 bridgehead atoms. The van der Waals surface area contributed by atoms with Crippen LogP contribution in [0.15, 0.2) is 54.1 Å². The van der Waals surface area contributed by atoms with Crippen LogP contribution in [0.4, 0.5) is 0 Å². The quantitative estimate of drug-likeness (QED) is 0.408. The number of piperidine rings is 2. The summed E-state index contributed by atoms with van der Waals surface area (Å²) in [6.07, 6.45) is 15.6. The maximum absolute atomic E-state index is 14.1. The third-order valence-corrected chi connectivity index (χ3v) is 9.92.